The van der Waals surface area contributed by atoms with Gasteiger partial charge in [0.05, 0.1) is 12.7 Å². The number of rotatable bonds is 5. The molecule has 0 atom stereocenters. The molecule has 1 heterocycles. The van der Waals surface area contributed by atoms with Crippen LogP contribution in [0.5, 0.6) is 11.5 Å². The smallest absolute Gasteiger partial charge is 0.257 e. The lowest BCUT2D eigenvalue weighted by Gasteiger charge is -2.34. The Bertz CT molecular complexity index is 710. The van der Waals surface area contributed by atoms with Crippen molar-refractivity contribution in [2.24, 2.45) is 0 Å². The fourth-order valence-electron chi connectivity index (χ4n) is 3.10. The normalized spacial score (nSPS) is 15.2. The maximum atomic E-state index is 12.6. The number of hydrogen-bond donors (Lipinski definition) is 1. The summed E-state index contributed by atoms with van der Waals surface area (Å²) in [6.45, 7) is 4.07. The minimum absolute atomic E-state index is 0.0316. The monoisotopic (exact) mass is 340 g/mol. The van der Waals surface area contributed by atoms with Gasteiger partial charge < -0.3 is 14.7 Å². The van der Waals surface area contributed by atoms with Crippen molar-refractivity contribution in [3.63, 3.8) is 0 Å². The van der Waals surface area contributed by atoms with Crippen molar-refractivity contribution < 1.29 is 14.6 Å². The molecule has 2 aromatic rings. The van der Waals surface area contributed by atoms with Crippen molar-refractivity contribution in [3.8, 4) is 11.5 Å². The quantitative estimate of drug-likeness (QED) is 0.908. The fraction of sp³-hybridized carbons (Fsp3) is 0.350. The van der Waals surface area contributed by atoms with Gasteiger partial charge in [-0.2, -0.15) is 0 Å². The summed E-state index contributed by atoms with van der Waals surface area (Å²) >= 11 is 0. The molecule has 5 heteroatoms. The third-order valence-corrected chi connectivity index (χ3v) is 4.65. The SMILES string of the molecule is COc1ccc(C(=O)N2CCN(CCc3ccccc3)CC2)c(O)c1. The van der Waals surface area contributed by atoms with Crippen LogP contribution < -0.4 is 4.74 Å². The Labute approximate surface area is 148 Å². The molecule has 0 spiro atoms. The van der Waals surface area contributed by atoms with Gasteiger partial charge in [0.2, 0.25) is 0 Å². The number of amides is 1. The molecule has 1 aliphatic rings. The Balaban J connectivity index is 1.52. The predicted octanol–water partition coefficient (Wildman–Crippen LogP) is 2.40. The summed E-state index contributed by atoms with van der Waals surface area (Å²) in [5.41, 5.74) is 1.67. The first-order chi connectivity index (χ1) is 12.2. The molecule has 0 saturated carbocycles. The van der Waals surface area contributed by atoms with E-state index < -0.39 is 0 Å². The number of piperazine rings is 1. The van der Waals surface area contributed by atoms with Crippen molar-refractivity contribution in [1.82, 2.24) is 9.80 Å². The number of benzene rings is 2. The first kappa shape index (κ1) is 17.3. The molecule has 1 amide bonds. The molecule has 1 aliphatic heterocycles. The highest BCUT2D eigenvalue weighted by Gasteiger charge is 2.23. The number of carbonyl (C=O) groups excluding carboxylic acids is 1. The highest BCUT2D eigenvalue weighted by atomic mass is 16.5. The van der Waals surface area contributed by atoms with Gasteiger partial charge in [-0.25, -0.2) is 0 Å². The van der Waals surface area contributed by atoms with Crippen LogP contribution >= 0.6 is 0 Å². The number of phenols is 1. The predicted molar refractivity (Wildman–Crippen MR) is 97.1 cm³/mol. The van der Waals surface area contributed by atoms with E-state index in [4.69, 9.17) is 4.74 Å². The van der Waals surface area contributed by atoms with E-state index in [1.807, 2.05) is 6.07 Å². The Morgan fingerprint density at radius 1 is 1.08 bits per heavy atom. The average molecular weight is 340 g/mol. The number of methoxy groups -OCH3 is 1. The maximum absolute atomic E-state index is 12.6. The van der Waals surface area contributed by atoms with Gasteiger partial charge in [0.25, 0.3) is 5.91 Å². The number of carbonyl (C=O) groups is 1. The second-order valence-corrected chi connectivity index (χ2v) is 6.25. The zero-order valence-electron chi connectivity index (χ0n) is 14.5. The van der Waals surface area contributed by atoms with E-state index in [9.17, 15) is 9.90 Å². The van der Waals surface area contributed by atoms with Crippen molar-refractivity contribution in [3.05, 3.63) is 59.7 Å². The Kier molecular flexibility index (Phi) is 5.56. The van der Waals surface area contributed by atoms with Crippen LogP contribution in [-0.4, -0.2) is 60.6 Å². The van der Waals surface area contributed by atoms with Gasteiger partial charge in [0.15, 0.2) is 0 Å². The highest BCUT2D eigenvalue weighted by Crippen LogP contribution is 2.25. The summed E-state index contributed by atoms with van der Waals surface area (Å²) in [6.07, 6.45) is 1.02. The first-order valence-corrected chi connectivity index (χ1v) is 8.60. The Hall–Kier alpha value is -2.53. The molecule has 0 unspecified atom stereocenters. The topological polar surface area (TPSA) is 53.0 Å². The number of hydrogen-bond acceptors (Lipinski definition) is 4. The van der Waals surface area contributed by atoms with Gasteiger partial charge in [0.1, 0.15) is 11.5 Å². The van der Waals surface area contributed by atoms with Crippen LogP contribution in [0.2, 0.25) is 0 Å². The minimum atomic E-state index is -0.122. The molecule has 0 bridgehead atoms. The molecule has 2 aromatic carbocycles. The van der Waals surface area contributed by atoms with Crippen LogP contribution in [0.3, 0.4) is 0 Å². The number of aromatic hydroxyl groups is 1. The molecule has 0 radical (unpaired) electrons. The van der Waals surface area contributed by atoms with Gasteiger partial charge >= 0.3 is 0 Å². The zero-order valence-corrected chi connectivity index (χ0v) is 14.5. The second kappa shape index (κ2) is 8.03. The van der Waals surface area contributed by atoms with Gasteiger partial charge in [-0.15, -0.1) is 0 Å². The largest absolute Gasteiger partial charge is 0.507 e. The van der Waals surface area contributed by atoms with Gasteiger partial charge in [-0.05, 0) is 24.1 Å². The molecular weight excluding hydrogens is 316 g/mol. The number of phenolic OH excluding ortho intramolecular Hbond substituents is 1. The molecule has 0 aromatic heterocycles. The summed E-state index contributed by atoms with van der Waals surface area (Å²) in [5, 5.41) is 10.0. The molecule has 3 rings (SSSR count). The van der Waals surface area contributed by atoms with Crippen molar-refractivity contribution >= 4 is 5.91 Å². The lowest BCUT2D eigenvalue weighted by atomic mass is 10.1. The Morgan fingerprint density at radius 3 is 2.44 bits per heavy atom. The average Bonchev–Trinajstić information content (AvgIpc) is 2.67. The molecule has 1 N–H and O–H groups in total. The van der Waals surface area contributed by atoms with Crippen LogP contribution in [-0.2, 0) is 6.42 Å². The van der Waals surface area contributed by atoms with Crippen LogP contribution in [0.1, 0.15) is 15.9 Å². The zero-order chi connectivity index (χ0) is 17.6. The fourth-order valence-corrected chi connectivity index (χ4v) is 3.10. The van der Waals surface area contributed by atoms with Gasteiger partial charge in [0, 0.05) is 38.8 Å². The van der Waals surface area contributed by atoms with Crippen molar-refractivity contribution in [2.45, 2.75) is 6.42 Å². The van der Waals surface area contributed by atoms with E-state index in [-0.39, 0.29) is 11.7 Å². The van der Waals surface area contributed by atoms with E-state index in [2.05, 4.69) is 29.2 Å². The number of ether oxygens (including phenoxy) is 1. The lowest BCUT2D eigenvalue weighted by molar-refractivity contribution is 0.0635. The standard InChI is InChI=1S/C20H24N2O3/c1-25-17-7-8-18(19(23)15-17)20(24)22-13-11-21(12-14-22)10-9-16-5-3-2-4-6-16/h2-8,15,23H,9-14H2,1H3. The summed E-state index contributed by atoms with van der Waals surface area (Å²) in [7, 11) is 1.53. The molecular formula is C20H24N2O3. The first-order valence-electron chi connectivity index (χ1n) is 8.60. The molecule has 0 aliphatic carbocycles. The Morgan fingerprint density at radius 2 is 1.80 bits per heavy atom. The molecule has 132 valence electrons. The molecule has 25 heavy (non-hydrogen) atoms. The van der Waals surface area contributed by atoms with Crippen molar-refractivity contribution in [2.75, 3.05) is 39.8 Å². The van der Waals surface area contributed by atoms with E-state index >= 15 is 0 Å². The van der Waals surface area contributed by atoms with E-state index in [1.165, 1.54) is 18.7 Å². The third-order valence-electron chi connectivity index (χ3n) is 4.65. The summed E-state index contributed by atoms with van der Waals surface area (Å²) in [6, 6.07) is 15.2. The number of nitrogens with zero attached hydrogens (tertiary/aromatic N) is 2. The van der Waals surface area contributed by atoms with Crippen LogP contribution in [0, 0.1) is 0 Å². The molecule has 1 saturated heterocycles. The maximum Gasteiger partial charge on any atom is 0.257 e. The second-order valence-electron chi connectivity index (χ2n) is 6.25. The molecule has 5 nitrogen and oxygen atoms in total. The summed E-state index contributed by atoms with van der Waals surface area (Å²) < 4.78 is 5.06. The van der Waals surface area contributed by atoms with E-state index in [0.29, 0.717) is 24.4 Å². The van der Waals surface area contributed by atoms with E-state index in [1.54, 1.807) is 17.0 Å². The van der Waals surface area contributed by atoms with Gasteiger partial charge in [-0.1, -0.05) is 30.3 Å². The highest BCUT2D eigenvalue weighted by molar-refractivity contribution is 5.97. The molecule has 1 fully saturated rings. The van der Waals surface area contributed by atoms with Crippen molar-refractivity contribution in [1.29, 1.82) is 0 Å². The third kappa shape index (κ3) is 4.31. The van der Waals surface area contributed by atoms with E-state index in [0.717, 1.165) is 26.1 Å². The van der Waals surface area contributed by atoms with Gasteiger partial charge in [-0.3, -0.25) is 9.69 Å². The van der Waals surface area contributed by atoms with Crippen LogP contribution in [0.25, 0.3) is 0 Å². The lowest BCUT2D eigenvalue weighted by Crippen LogP contribution is -2.49. The van der Waals surface area contributed by atoms with Crippen LogP contribution in [0.4, 0.5) is 0 Å². The summed E-state index contributed by atoms with van der Waals surface area (Å²) in [4.78, 5) is 16.8. The minimum Gasteiger partial charge on any atom is -0.507 e. The summed E-state index contributed by atoms with van der Waals surface area (Å²) in [5.74, 6) is 0.388. The van der Waals surface area contributed by atoms with Crippen LogP contribution in [0.15, 0.2) is 48.5 Å².